The molecule has 0 fully saturated rings. The number of hydrogen-bond acceptors (Lipinski definition) is 5. The molecule has 1 amide bonds. The van der Waals surface area contributed by atoms with Gasteiger partial charge in [-0.05, 0) is 25.1 Å². The van der Waals surface area contributed by atoms with Crippen LogP contribution in [0, 0.1) is 6.92 Å². The average Bonchev–Trinajstić information content (AvgIpc) is 2.47. The van der Waals surface area contributed by atoms with Crippen LogP contribution < -0.4 is 11.1 Å². The molecule has 2 rings (SSSR count). The zero-order chi connectivity index (χ0) is 15.4. The van der Waals surface area contributed by atoms with Gasteiger partial charge in [-0.25, -0.2) is 4.21 Å². The van der Waals surface area contributed by atoms with Crippen molar-refractivity contribution in [2.45, 2.75) is 11.8 Å². The van der Waals surface area contributed by atoms with Gasteiger partial charge in [0.2, 0.25) is 16.8 Å². The second-order valence-corrected chi connectivity index (χ2v) is 5.46. The summed E-state index contributed by atoms with van der Waals surface area (Å²) in [7, 11) is 1.44. The molecule has 1 aliphatic rings. The van der Waals surface area contributed by atoms with Gasteiger partial charge in [0.15, 0.2) is 5.76 Å². The van der Waals surface area contributed by atoms with Crippen LogP contribution in [0.4, 0.5) is 0 Å². The van der Waals surface area contributed by atoms with E-state index in [1.807, 2.05) is 19.1 Å². The van der Waals surface area contributed by atoms with Crippen molar-refractivity contribution in [3.05, 3.63) is 53.1 Å². The maximum Gasteiger partial charge on any atom is 0.268 e. The molecule has 1 unspecified atom stereocenters. The lowest BCUT2D eigenvalue weighted by Crippen LogP contribution is -2.32. The van der Waals surface area contributed by atoms with E-state index in [2.05, 4.69) is 5.32 Å². The Morgan fingerprint density at radius 2 is 2.00 bits per heavy atom. The predicted octanol–water partition coefficient (Wildman–Crippen LogP) is 0.865. The molecule has 0 radical (unpaired) electrons. The van der Waals surface area contributed by atoms with E-state index >= 15 is 0 Å². The first-order valence-electron chi connectivity index (χ1n) is 6.22. The first-order valence-corrected chi connectivity index (χ1v) is 7.29. The van der Waals surface area contributed by atoms with Crippen LogP contribution in [-0.4, -0.2) is 23.8 Å². The first-order chi connectivity index (χ1) is 10.0. The summed E-state index contributed by atoms with van der Waals surface area (Å²) < 4.78 is 22.8. The lowest BCUT2D eigenvalue weighted by Gasteiger charge is -2.19. The lowest BCUT2D eigenvalue weighted by atomic mass is 10.2. The van der Waals surface area contributed by atoms with Crippen molar-refractivity contribution >= 4 is 17.0 Å². The Hall–Kier alpha value is -2.28. The Bertz CT molecular complexity index is 635. The van der Waals surface area contributed by atoms with Gasteiger partial charge in [-0.2, -0.15) is 0 Å². The number of aryl methyl sites for hydroxylation is 1. The normalized spacial score (nSPS) is 15.8. The Balaban J connectivity index is 2.29. The summed E-state index contributed by atoms with van der Waals surface area (Å²) in [4.78, 5) is 11.9. The highest BCUT2D eigenvalue weighted by Gasteiger charge is 2.24. The Morgan fingerprint density at radius 3 is 2.57 bits per heavy atom. The largest absolute Gasteiger partial charge is 0.493 e. The fourth-order valence-corrected chi connectivity index (χ4v) is 2.54. The summed E-state index contributed by atoms with van der Waals surface area (Å²) in [6, 6.07) is 7.04. The standard InChI is InChI=1S/C14H16N2O4S/c1-9-3-5-10(6-4-9)21(18)20-13-11(19-2)7-8-16-12(13)14(15)17/h3-7,16H,8H2,1-2H3,(H2,15,17). The molecule has 0 spiro atoms. The molecule has 6 nitrogen and oxygen atoms in total. The monoisotopic (exact) mass is 308 g/mol. The summed E-state index contributed by atoms with van der Waals surface area (Å²) in [6.07, 6.45) is 1.67. The third kappa shape index (κ3) is 3.43. The molecule has 1 heterocycles. The van der Waals surface area contributed by atoms with E-state index in [1.165, 1.54) is 7.11 Å². The van der Waals surface area contributed by atoms with Crippen LogP contribution in [0.25, 0.3) is 0 Å². The molecule has 1 aliphatic heterocycles. The van der Waals surface area contributed by atoms with Gasteiger partial charge in [0, 0.05) is 6.54 Å². The zero-order valence-electron chi connectivity index (χ0n) is 11.7. The molecule has 21 heavy (non-hydrogen) atoms. The van der Waals surface area contributed by atoms with Gasteiger partial charge in [-0.15, -0.1) is 0 Å². The molecule has 0 bridgehead atoms. The number of methoxy groups -OCH3 is 1. The molecule has 7 heteroatoms. The van der Waals surface area contributed by atoms with Crippen LogP contribution >= 0.6 is 0 Å². The highest BCUT2D eigenvalue weighted by atomic mass is 32.2. The summed E-state index contributed by atoms with van der Waals surface area (Å²) >= 11 is -1.78. The van der Waals surface area contributed by atoms with E-state index in [-0.39, 0.29) is 11.5 Å². The van der Waals surface area contributed by atoms with Crippen molar-refractivity contribution < 1.29 is 17.9 Å². The first kappa shape index (κ1) is 15.1. The van der Waals surface area contributed by atoms with Gasteiger partial charge in [0.25, 0.3) is 5.91 Å². The fraction of sp³-hybridized carbons (Fsp3) is 0.214. The summed E-state index contributed by atoms with van der Waals surface area (Å²) in [5, 5.41) is 2.79. The van der Waals surface area contributed by atoms with Crippen molar-refractivity contribution in [3.63, 3.8) is 0 Å². The number of hydrogen-bond donors (Lipinski definition) is 2. The minimum atomic E-state index is -1.78. The number of primary amides is 1. The molecular formula is C14H16N2O4S. The molecule has 0 aliphatic carbocycles. The fourth-order valence-electron chi connectivity index (χ4n) is 1.77. The molecular weight excluding hydrogens is 292 g/mol. The van der Waals surface area contributed by atoms with E-state index in [0.717, 1.165) is 5.56 Å². The molecule has 1 atom stereocenters. The van der Waals surface area contributed by atoms with E-state index in [0.29, 0.717) is 17.2 Å². The Kier molecular flexibility index (Phi) is 4.64. The van der Waals surface area contributed by atoms with Crippen LogP contribution in [0.2, 0.25) is 0 Å². The number of amides is 1. The van der Waals surface area contributed by atoms with Crippen molar-refractivity contribution in [3.8, 4) is 0 Å². The number of nitrogens with two attached hydrogens (primary N) is 1. The van der Waals surface area contributed by atoms with Crippen molar-refractivity contribution in [1.82, 2.24) is 5.32 Å². The van der Waals surface area contributed by atoms with Crippen LogP contribution in [0.15, 0.2) is 52.5 Å². The molecule has 0 saturated heterocycles. The van der Waals surface area contributed by atoms with E-state index in [1.54, 1.807) is 18.2 Å². The van der Waals surface area contributed by atoms with Crippen molar-refractivity contribution in [1.29, 1.82) is 0 Å². The van der Waals surface area contributed by atoms with Crippen molar-refractivity contribution in [2.75, 3.05) is 13.7 Å². The number of carbonyl (C=O) groups is 1. The smallest absolute Gasteiger partial charge is 0.268 e. The molecule has 112 valence electrons. The Labute approximate surface area is 125 Å². The third-order valence-corrected chi connectivity index (χ3v) is 3.83. The van der Waals surface area contributed by atoms with Crippen LogP contribution in [0.1, 0.15) is 5.56 Å². The third-order valence-electron chi connectivity index (χ3n) is 2.86. The van der Waals surface area contributed by atoms with Gasteiger partial charge in [-0.1, -0.05) is 17.7 Å². The highest BCUT2D eigenvalue weighted by Crippen LogP contribution is 2.23. The molecule has 3 N–H and O–H groups in total. The summed E-state index contributed by atoms with van der Waals surface area (Å²) in [6.45, 7) is 2.31. The van der Waals surface area contributed by atoms with Crippen molar-refractivity contribution in [2.24, 2.45) is 5.73 Å². The van der Waals surface area contributed by atoms with Crippen LogP contribution in [0.5, 0.6) is 0 Å². The van der Waals surface area contributed by atoms with Gasteiger partial charge < -0.3 is 20.0 Å². The second-order valence-electron chi connectivity index (χ2n) is 4.35. The van der Waals surface area contributed by atoms with Gasteiger partial charge in [0.1, 0.15) is 5.70 Å². The van der Waals surface area contributed by atoms with Gasteiger partial charge in [0.05, 0.1) is 12.0 Å². The van der Waals surface area contributed by atoms with Crippen LogP contribution in [-0.2, 0) is 24.8 Å². The molecule has 1 aromatic carbocycles. The van der Waals surface area contributed by atoms with E-state index < -0.39 is 17.0 Å². The van der Waals surface area contributed by atoms with E-state index in [4.69, 9.17) is 14.7 Å². The summed E-state index contributed by atoms with van der Waals surface area (Å²) in [5.41, 5.74) is 6.38. The second kappa shape index (κ2) is 6.45. The van der Waals surface area contributed by atoms with Gasteiger partial charge >= 0.3 is 0 Å². The molecule has 0 aromatic heterocycles. The number of benzene rings is 1. The minimum Gasteiger partial charge on any atom is -0.493 e. The number of dihydropyridines is 1. The average molecular weight is 308 g/mol. The predicted molar refractivity (Wildman–Crippen MR) is 78.0 cm³/mol. The topological polar surface area (TPSA) is 90.7 Å². The zero-order valence-corrected chi connectivity index (χ0v) is 12.5. The maximum atomic E-state index is 12.2. The highest BCUT2D eigenvalue weighted by molar-refractivity contribution is 7.80. The molecule has 1 aromatic rings. The number of nitrogens with one attached hydrogen (secondary N) is 1. The quantitative estimate of drug-likeness (QED) is 0.842. The number of carbonyl (C=O) groups excluding carboxylic acids is 1. The number of ether oxygens (including phenoxy) is 1. The summed E-state index contributed by atoms with van der Waals surface area (Å²) in [5.74, 6) is -0.327. The molecule has 0 saturated carbocycles. The minimum absolute atomic E-state index is 0.0508. The number of rotatable bonds is 5. The van der Waals surface area contributed by atoms with E-state index in [9.17, 15) is 9.00 Å². The lowest BCUT2D eigenvalue weighted by molar-refractivity contribution is -0.115. The maximum absolute atomic E-state index is 12.2. The van der Waals surface area contributed by atoms with Crippen LogP contribution in [0.3, 0.4) is 0 Å². The Morgan fingerprint density at radius 1 is 1.33 bits per heavy atom. The SMILES string of the molecule is COC1=CCNC(C(N)=O)=C1OS(=O)c1ccc(C)cc1. The van der Waals surface area contributed by atoms with Gasteiger partial charge in [-0.3, -0.25) is 4.79 Å².